The number of rotatable bonds is 8. The number of nitrogens with zero attached hydrogens (tertiary/aromatic N) is 4. The van der Waals surface area contributed by atoms with Gasteiger partial charge in [0, 0.05) is 13.1 Å². The number of ether oxygens (including phenoxy) is 1. The summed E-state index contributed by atoms with van der Waals surface area (Å²) in [5, 5.41) is 10.2. The molecule has 1 fully saturated rings. The lowest BCUT2D eigenvalue weighted by Crippen LogP contribution is -2.26. The van der Waals surface area contributed by atoms with Gasteiger partial charge in [-0.1, -0.05) is 0 Å². The van der Waals surface area contributed by atoms with E-state index in [4.69, 9.17) is 24.8 Å². The molecule has 6 N–H and O–H groups in total. The van der Waals surface area contributed by atoms with Crippen molar-refractivity contribution in [2.45, 2.75) is 24.9 Å². The number of aliphatic hydroxyl groups is 1. The first-order valence-electron chi connectivity index (χ1n) is 8.06. The molecular weight excluding hydrogens is 471 g/mol. The van der Waals surface area contributed by atoms with E-state index in [0.717, 1.165) is 6.66 Å². The molecule has 5 atom stereocenters. The van der Waals surface area contributed by atoms with E-state index in [9.17, 15) is 23.7 Å². The van der Waals surface area contributed by atoms with E-state index in [0.29, 0.717) is 11.2 Å². The Labute approximate surface area is 168 Å². The molecule has 1 aliphatic heterocycles. The standard InChI is InChI=1S/C11H18N5O11P3/c1-28(18,26-30(22,23)27-29(19,20)21)24-3-7-6(17)2-8(25-7)16-5-15-9-10(12)13-4-14-11(9)16/h4-8,17H,2-3H2,1H3,(H,22,23)(H2,12,13,14)(H2,19,20,21)/t6-,7+,8+,28?/m0/s1. The van der Waals surface area contributed by atoms with Crippen LogP contribution in [0.15, 0.2) is 12.7 Å². The molecule has 3 heterocycles. The van der Waals surface area contributed by atoms with E-state index in [1.165, 1.54) is 17.2 Å². The van der Waals surface area contributed by atoms with E-state index in [-0.39, 0.29) is 12.2 Å². The summed E-state index contributed by atoms with van der Waals surface area (Å²) in [7, 11) is -15.1. The van der Waals surface area contributed by atoms with Gasteiger partial charge in [0.15, 0.2) is 11.5 Å². The van der Waals surface area contributed by atoms with Crippen LogP contribution in [0.25, 0.3) is 11.2 Å². The monoisotopic (exact) mass is 489 g/mol. The highest BCUT2D eigenvalue weighted by atomic mass is 31.3. The molecule has 1 saturated heterocycles. The molecule has 0 aromatic carbocycles. The van der Waals surface area contributed by atoms with E-state index >= 15 is 0 Å². The van der Waals surface area contributed by atoms with Gasteiger partial charge in [0.25, 0.3) is 0 Å². The summed E-state index contributed by atoms with van der Waals surface area (Å²) in [6.07, 6.45) is -0.126. The third kappa shape index (κ3) is 5.69. The molecule has 2 unspecified atom stereocenters. The molecule has 0 radical (unpaired) electrons. The summed E-state index contributed by atoms with van der Waals surface area (Å²) in [6, 6.07) is 0. The fourth-order valence-electron chi connectivity index (χ4n) is 2.69. The van der Waals surface area contributed by atoms with Crippen molar-refractivity contribution in [2.75, 3.05) is 19.0 Å². The maximum atomic E-state index is 12.2. The van der Waals surface area contributed by atoms with E-state index in [1.807, 2.05) is 0 Å². The molecule has 30 heavy (non-hydrogen) atoms. The molecule has 0 aliphatic carbocycles. The minimum absolute atomic E-state index is 0.0814. The topological polar surface area (TPSA) is 239 Å². The summed E-state index contributed by atoms with van der Waals surface area (Å²) < 4.78 is 54.2. The van der Waals surface area contributed by atoms with Gasteiger partial charge in [-0.05, 0) is 0 Å². The Bertz CT molecular complexity index is 1070. The summed E-state index contributed by atoms with van der Waals surface area (Å²) in [5.74, 6) is 0.159. The van der Waals surface area contributed by atoms with Crippen LogP contribution in [-0.2, 0) is 31.6 Å². The smallest absolute Gasteiger partial charge is 0.390 e. The lowest BCUT2D eigenvalue weighted by atomic mass is 10.2. The van der Waals surface area contributed by atoms with Gasteiger partial charge in [0.2, 0.25) is 0 Å². The second-order valence-electron chi connectivity index (χ2n) is 6.20. The van der Waals surface area contributed by atoms with Gasteiger partial charge in [0.05, 0.1) is 19.0 Å². The highest BCUT2D eigenvalue weighted by Crippen LogP contribution is 2.66. The van der Waals surface area contributed by atoms with Gasteiger partial charge in [-0.25, -0.2) is 28.4 Å². The van der Waals surface area contributed by atoms with Crippen molar-refractivity contribution in [3.63, 3.8) is 0 Å². The highest BCUT2D eigenvalue weighted by Gasteiger charge is 2.41. The number of imidazole rings is 1. The number of anilines is 1. The molecule has 2 aromatic heterocycles. The summed E-state index contributed by atoms with van der Waals surface area (Å²) in [4.78, 5) is 38.4. The maximum Gasteiger partial charge on any atom is 0.488 e. The van der Waals surface area contributed by atoms with Crippen molar-refractivity contribution in [2.24, 2.45) is 0 Å². The highest BCUT2D eigenvalue weighted by molar-refractivity contribution is 7.68. The van der Waals surface area contributed by atoms with Crippen molar-refractivity contribution in [1.82, 2.24) is 19.5 Å². The van der Waals surface area contributed by atoms with Gasteiger partial charge in [-0.15, -0.1) is 0 Å². The Morgan fingerprint density at radius 2 is 1.93 bits per heavy atom. The summed E-state index contributed by atoms with van der Waals surface area (Å²) in [5.41, 5.74) is 6.42. The van der Waals surface area contributed by atoms with Crippen molar-refractivity contribution in [3.05, 3.63) is 12.7 Å². The quantitative estimate of drug-likeness (QED) is 0.309. The van der Waals surface area contributed by atoms with E-state index < -0.39 is 48.3 Å². The number of nitrogen functional groups attached to an aromatic ring is 1. The van der Waals surface area contributed by atoms with Crippen LogP contribution >= 0.6 is 23.2 Å². The van der Waals surface area contributed by atoms with Crippen LogP contribution in [0.2, 0.25) is 0 Å². The first-order valence-corrected chi connectivity index (χ1v) is 13.1. The lowest BCUT2D eigenvalue weighted by molar-refractivity contribution is -0.0393. The normalized spacial score (nSPS) is 26.5. The average molecular weight is 489 g/mol. The van der Waals surface area contributed by atoms with Crippen molar-refractivity contribution in [1.29, 1.82) is 0 Å². The minimum Gasteiger partial charge on any atom is -0.390 e. The third-order valence-electron chi connectivity index (χ3n) is 3.84. The molecule has 168 valence electrons. The number of aromatic nitrogens is 4. The van der Waals surface area contributed by atoms with E-state index in [1.54, 1.807) is 0 Å². The van der Waals surface area contributed by atoms with Crippen LogP contribution in [0.3, 0.4) is 0 Å². The molecule has 0 saturated carbocycles. The number of aliphatic hydroxyl groups excluding tert-OH is 1. The molecule has 16 nitrogen and oxygen atoms in total. The maximum absolute atomic E-state index is 12.2. The number of nitrogens with two attached hydrogens (primary N) is 1. The molecule has 3 rings (SSSR count). The zero-order valence-electron chi connectivity index (χ0n) is 15.2. The number of phosphoric acid groups is 2. The van der Waals surface area contributed by atoms with Crippen LogP contribution in [-0.4, -0.2) is 64.8 Å². The van der Waals surface area contributed by atoms with Crippen LogP contribution in [0, 0.1) is 0 Å². The number of hydrogen-bond donors (Lipinski definition) is 5. The van der Waals surface area contributed by atoms with Crippen LogP contribution in [0.5, 0.6) is 0 Å². The van der Waals surface area contributed by atoms with Gasteiger partial charge < -0.3 is 34.8 Å². The number of hydrogen-bond acceptors (Lipinski definition) is 12. The van der Waals surface area contributed by atoms with E-state index in [2.05, 4.69) is 23.6 Å². The van der Waals surface area contributed by atoms with Crippen molar-refractivity contribution < 1.29 is 51.4 Å². The SMILES string of the molecule is CP(=O)(OC[C@H]1O[C@@H](n2cnc3c(N)ncnc32)C[C@@H]1O)OP(=O)(O)OP(=O)(O)O. The molecule has 1 aliphatic rings. The molecule has 2 aromatic rings. The zero-order valence-corrected chi connectivity index (χ0v) is 17.8. The van der Waals surface area contributed by atoms with Gasteiger partial charge in [-0.2, -0.15) is 4.31 Å². The summed E-state index contributed by atoms with van der Waals surface area (Å²) >= 11 is 0. The molecule has 19 heteroatoms. The third-order valence-corrected chi connectivity index (χ3v) is 8.14. The van der Waals surface area contributed by atoms with Crippen molar-refractivity contribution in [3.8, 4) is 0 Å². The predicted molar refractivity (Wildman–Crippen MR) is 97.8 cm³/mol. The first kappa shape index (κ1) is 23.4. The van der Waals surface area contributed by atoms with Crippen LogP contribution in [0.1, 0.15) is 12.6 Å². The first-order chi connectivity index (χ1) is 13.8. The zero-order chi connectivity index (χ0) is 22.3. The van der Waals surface area contributed by atoms with Crippen LogP contribution < -0.4 is 5.73 Å². The summed E-state index contributed by atoms with van der Waals surface area (Å²) in [6.45, 7) is 0.242. The fraction of sp³-hybridized carbons (Fsp3) is 0.545. The predicted octanol–water partition coefficient (Wildman–Crippen LogP) is 0.123. The largest absolute Gasteiger partial charge is 0.488 e. The van der Waals surface area contributed by atoms with Crippen molar-refractivity contribution >= 4 is 40.2 Å². The second kappa shape index (κ2) is 8.34. The minimum atomic E-state index is -5.39. The average Bonchev–Trinajstić information content (AvgIpc) is 3.14. The second-order valence-corrected chi connectivity index (χ2v) is 11.2. The Morgan fingerprint density at radius 3 is 2.60 bits per heavy atom. The van der Waals surface area contributed by atoms with Gasteiger partial charge >= 0.3 is 23.2 Å². The Kier molecular flexibility index (Phi) is 6.50. The Hall–Kier alpha value is -1.28. The Morgan fingerprint density at radius 1 is 1.23 bits per heavy atom. The lowest BCUT2D eigenvalue weighted by Gasteiger charge is -2.20. The molecule has 0 amide bonds. The Balaban J connectivity index is 1.64. The molecular formula is C11H18N5O11P3. The number of fused-ring (bicyclic) bond motifs is 1. The van der Waals surface area contributed by atoms with Gasteiger partial charge in [-0.3, -0.25) is 9.13 Å². The molecule has 0 bridgehead atoms. The fourth-order valence-corrected chi connectivity index (χ4v) is 6.25. The van der Waals surface area contributed by atoms with Gasteiger partial charge in [0.1, 0.15) is 24.2 Å². The van der Waals surface area contributed by atoms with Crippen LogP contribution in [0.4, 0.5) is 5.82 Å². The molecule has 0 spiro atoms.